The molecule has 2 aromatic rings. The maximum Gasteiger partial charge on any atom is 0.253 e. The number of rotatable bonds is 3. The highest BCUT2D eigenvalue weighted by Gasteiger charge is 2.13. The van der Waals surface area contributed by atoms with E-state index in [-0.39, 0.29) is 18.4 Å². The summed E-state index contributed by atoms with van der Waals surface area (Å²) in [6.07, 6.45) is 1.65. The highest BCUT2D eigenvalue weighted by molar-refractivity contribution is 6.07. The summed E-state index contributed by atoms with van der Waals surface area (Å²) in [6, 6.07) is 7.54. The van der Waals surface area contributed by atoms with Gasteiger partial charge in [0, 0.05) is 31.2 Å². The molecule has 0 aliphatic carbocycles. The zero-order valence-electron chi connectivity index (χ0n) is 10.4. The number of amides is 2. The molecule has 1 aromatic carbocycles. The van der Waals surface area contributed by atoms with E-state index in [2.05, 4.69) is 10.3 Å². The Hall–Kier alpha value is -2.30. The molecule has 0 bridgehead atoms. The van der Waals surface area contributed by atoms with E-state index in [9.17, 15) is 9.59 Å². The highest BCUT2D eigenvalue weighted by atomic mass is 16.2. The number of hydrogen-bond acceptors (Lipinski definition) is 2. The minimum Gasteiger partial charge on any atom is -0.360 e. The lowest BCUT2D eigenvalue weighted by Gasteiger charge is -2.10. The first kappa shape index (κ1) is 12.2. The van der Waals surface area contributed by atoms with Crippen LogP contribution in [0.1, 0.15) is 10.4 Å². The van der Waals surface area contributed by atoms with E-state index in [4.69, 9.17) is 0 Å². The van der Waals surface area contributed by atoms with Crippen LogP contribution in [-0.4, -0.2) is 42.3 Å². The van der Waals surface area contributed by atoms with E-state index in [0.717, 1.165) is 10.9 Å². The lowest BCUT2D eigenvalue weighted by Crippen LogP contribution is -2.36. The fourth-order valence-electron chi connectivity index (χ4n) is 1.67. The molecule has 94 valence electrons. The number of aromatic amines is 1. The van der Waals surface area contributed by atoms with Gasteiger partial charge in [-0.1, -0.05) is 18.2 Å². The molecule has 18 heavy (non-hydrogen) atoms. The average molecular weight is 245 g/mol. The molecule has 0 atom stereocenters. The topological polar surface area (TPSA) is 65.2 Å². The summed E-state index contributed by atoms with van der Waals surface area (Å²) in [5.74, 6) is -0.383. The van der Waals surface area contributed by atoms with Crippen LogP contribution in [0.15, 0.2) is 30.5 Å². The first-order chi connectivity index (χ1) is 8.59. The molecule has 2 amide bonds. The van der Waals surface area contributed by atoms with E-state index >= 15 is 0 Å². The van der Waals surface area contributed by atoms with Crippen molar-refractivity contribution in [3.05, 3.63) is 36.0 Å². The van der Waals surface area contributed by atoms with Gasteiger partial charge in [0.1, 0.15) is 0 Å². The van der Waals surface area contributed by atoms with E-state index in [1.807, 2.05) is 24.3 Å². The second-order valence-corrected chi connectivity index (χ2v) is 4.22. The zero-order chi connectivity index (χ0) is 13.1. The summed E-state index contributed by atoms with van der Waals surface area (Å²) in [4.78, 5) is 27.8. The number of para-hydroxylation sites is 1. The van der Waals surface area contributed by atoms with Crippen molar-refractivity contribution in [3.8, 4) is 0 Å². The minimum absolute atomic E-state index is 0.00530. The molecule has 2 N–H and O–H groups in total. The van der Waals surface area contributed by atoms with E-state index in [1.54, 1.807) is 20.3 Å². The average Bonchev–Trinajstić information content (AvgIpc) is 2.79. The Morgan fingerprint density at radius 1 is 1.28 bits per heavy atom. The van der Waals surface area contributed by atoms with Crippen molar-refractivity contribution in [2.45, 2.75) is 0 Å². The van der Waals surface area contributed by atoms with Crippen LogP contribution in [0.25, 0.3) is 10.9 Å². The van der Waals surface area contributed by atoms with Gasteiger partial charge in [-0.05, 0) is 6.07 Å². The van der Waals surface area contributed by atoms with Gasteiger partial charge in [-0.15, -0.1) is 0 Å². The molecule has 0 saturated carbocycles. The van der Waals surface area contributed by atoms with Gasteiger partial charge in [-0.3, -0.25) is 9.59 Å². The van der Waals surface area contributed by atoms with Crippen LogP contribution in [0.5, 0.6) is 0 Å². The normalized spacial score (nSPS) is 10.3. The number of carbonyl (C=O) groups is 2. The third-order valence-corrected chi connectivity index (χ3v) is 2.73. The molecule has 0 unspecified atom stereocenters. The third-order valence-electron chi connectivity index (χ3n) is 2.73. The number of nitrogens with one attached hydrogen (secondary N) is 2. The van der Waals surface area contributed by atoms with Crippen LogP contribution >= 0.6 is 0 Å². The van der Waals surface area contributed by atoms with Gasteiger partial charge in [0.25, 0.3) is 5.91 Å². The van der Waals surface area contributed by atoms with E-state index in [1.165, 1.54) is 4.90 Å². The summed E-state index contributed by atoms with van der Waals surface area (Å²) in [6.45, 7) is 0.00530. The molecule has 0 aliphatic heterocycles. The van der Waals surface area contributed by atoms with Gasteiger partial charge in [0.05, 0.1) is 12.1 Å². The molecule has 0 aliphatic rings. The van der Waals surface area contributed by atoms with E-state index in [0.29, 0.717) is 5.56 Å². The number of fused-ring (bicyclic) bond motifs is 1. The number of likely N-dealkylation sites (N-methyl/N-ethyl adjacent to an activating group) is 1. The van der Waals surface area contributed by atoms with Gasteiger partial charge in [-0.25, -0.2) is 0 Å². The van der Waals surface area contributed by atoms with Crippen molar-refractivity contribution in [1.82, 2.24) is 15.2 Å². The predicted octanol–water partition coefficient (Wildman–Crippen LogP) is 0.986. The van der Waals surface area contributed by atoms with Crippen molar-refractivity contribution in [2.24, 2.45) is 0 Å². The molecule has 1 heterocycles. The molecular formula is C13H15N3O2. The van der Waals surface area contributed by atoms with Crippen molar-refractivity contribution in [3.63, 3.8) is 0 Å². The van der Waals surface area contributed by atoms with Gasteiger partial charge >= 0.3 is 0 Å². The number of benzene rings is 1. The quantitative estimate of drug-likeness (QED) is 0.846. The zero-order valence-corrected chi connectivity index (χ0v) is 10.4. The summed E-state index contributed by atoms with van der Waals surface area (Å²) >= 11 is 0. The Kier molecular flexibility index (Phi) is 3.32. The second kappa shape index (κ2) is 4.91. The summed E-state index contributed by atoms with van der Waals surface area (Å²) < 4.78 is 0. The Labute approximate surface area is 105 Å². The first-order valence-electron chi connectivity index (χ1n) is 5.64. The van der Waals surface area contributed by atoms with E-state index < -0.39 is 0 Å². The van der Waals surface area contributed by atoms with Crippen LogP contribution in [0.3, 0.4) is 0 Å². The van der Waals surface area contributed by atoms with Crippen molar-refractivity contribution in [1.29, 1.82) is 0 Å². The lowest BCUT2D eigenvalue weighted by molar-refractivity contribution is -0.127. The van der Waals surface area contributed by atoms with Crippen LogP contribution < -0.4 is 5.32 Å². The Morgan fingerprint density at radius 2 is 2.00 bits per heavy atom. The maximum absolute atomic E-state index is 11.9. The minimum atomic E-state index is -0.248. The lowest BCUT2D eigenvalue weighted by atomic mass is 10.1. The molecule has 0 spiro atoms. The molecular weight excluding hydrogens is 230 g/mol. The predicted molar refractivity (Wildman–Crippen MR) is 69.3 cm³/mol. The van der Waals surface area contributed by atoms with Crippen molar-refractivity contribution in [2.75, 3.05) is 20.6 Å². The SMILES string of the molecule is CN(C)C(=O)CNC(=O)c1c[nH]c2ccccc12. The summed E-state index contributed by atoms with van der Waals surface area (Å²) in [5, 5.41) is 3.46. The Morgan fingerprint density at radius 3 is 2.72 bits per heavy atom. The molecule has 0 saturated heterocycles. The smallest absolute Gasteiger partial charge is 0.253 e. The standard InChI is InChI=1S/C13H15N3O2/c1-16(2)12(17)8-15-13(18)10-7-14-11-6-4-3-5-9(10)11/h3-7,14H,8H2,1-2H3,(H,15,18). The third kappa shape index (κ3) is 2.34. The van der Waals surface area contributed by atoms with Crippen LogP contribution in [0, 0.1) is 0 Å². The van der Waals surface area contributed by atoms with Gasteiger partial charge < -0.3 is 15.2 Å². The van der Waals surface area contributed by atoms with Crippen molar-refractivity contribution >= 4 is 22.7 Å². The Bertz CT molecular complexity index is 587. The number of hydrogen-bond donors (Lipinski definition) is 2. The first-order valence-corrected chi connectivity index (χ1v) is 5.64. The largest absolute Gasteiger partial charge is 0.360 e. The van der Waals surface area contributed by atoms with Gasteiger partial charge in [0.15, 0.2) is 0 Å². The number of aromatic nitrogens is 1. The van der Waals surface area contributed by atoms with Crippen molar-refractivity contribution < 1.29 is 9.59 Å². The molecule has 1 aromatic heterocycles. The molecule has 0 radical (unpaired) electrons. The maximum atomic E-state index is 11.9. The number of carbonyl (C=O) groups excluding carboxylic acids is 2. The summed E-state index contributed by atoms with van der Waals surface area (Å²) in [5.41, 5.74) is 1.46. The monoisotopic (exact) mass is 245 g/mol. The number of H-pyrrole nitrogens is 1. The second-order valence-electron chi connectivity index (χ2n) is 4.22. The van der Waals surface area contributed by atoms with Gasteiger partial charge in [-0.2, -0.15) is 0 Å². The van der Waals surface area contributed by atoms with Crippen LogP contribution in [0.2, 0.25) is 0 Å². The molecule has 2 rings (SSSR count). The highest BCUT2D eigenvalue weighted by Crippen LogP contribution is 2.17. The molecule has 5 nitrogen and oxygen atoms in total. The number of nitrogens with zero attached hydrogens (tertiary/aromatic N) is 1. The van der Waals surface area contributed by atoms with Crippen LogP contribution in [-0.2, 0) is 4.79 Å². The van der Waals surface area contributed by atoms with Gasteiger partial charge in [0.2, 0.25) is 5.91 Å². The fourth-order valence-corrected chi connectivity index (χ4v) is 1.67. The Balaban J connectivity index is 2.12. The summed E-state index contributed by atoms with van der Waals surface area (Å²) in [7, 11) is 3.31. The van der Waals surface area contributed by atoms with Crippen LogP contribution in [0.4, 0.5) is 0 Å². The molecule has 0 fully saturated rings. The molecule has 5 heteroatoms. The fraction of sp³-hybridized carbons (Fsp3) is 0.231.